The van der Waals surface area contributed by atoms with Gasteiger partial charge in [-0.15, -0.1) is 0 Å². The summed E-state index contributed by atoms with van der Waals surface area (Å²) in [7, 11) is 1.92. The van der Waals surface area contributed by atoms with Crippen molar-refractivity contribution in [1.29, 1.82) is 0 Å². The number of nitrogens with one attached hydrogen (secondary N) is 1. The summed E-state index contributed by atoms with van der Waals surface area (Å²) in [6, 6.07) is 14.1. The van der Waals surface area contributed by atoms with Gasteiger partial charge in [-0.3, -0.25) is 13.9 Å². The van der Waals surface area contributed by atoms with Crippen LogP contribution in [0.1, 0.15) is 41.7 Å². The number of pyridine rings is 1. The number of benzene rings is 2. The molecule has 0 radical (unpaired) electrons. The normalized spacial score (nSPS) is 17.8. The largest absolute Gasteiger partial charge is 0.434 e. The number of aryl methyl sites for hydroxylation is 1. The number of rotatable bonds is 5. The molecule has 6 rings (SSSR count). The lowest BCUT2D eigenvalue weighted by molar-refractivity contribution is -0.141. The minimum absolute atomic E-state index is 0.0450. The van der Waals surface area contributed by atoms with Crippen LogP contribution in [-0.2, 0) is 19.8 Å². The fourth-order valence-electron chi connectivity index (χ4n) is 5.75. The van der Waals surface area contributed by atoms with E-state index in [4.69, 9.17) is 11.6 Å². The molecule has 1 aliphatic carbocycles. The molecule has 1 N–H and O–H groups in total. The average molecular weight is 583 g/mol. The molecule has 1 fully saturated rings. The van der Waals surface area contributed by atoms with E-state index in [-0.39, 0.29) is 22.7 Å². The fraction of sp³-hybridized carbons (Fsp3) is 0.310. The molecule has 2 aromatic carbocycles. The molecule has 5 aromatic rings. The van der Waals surface area contributed by atoms with Gasteiger partial charge in [0.1, 0.15) is 0 Å². The van der Waals surface area contributed by atoms with E-state index < -0.39 is 23.3 Å². The van der Waals surface area contributed by atoms with Crippen LogP contribution in [0, 0.1) is 5.92 Å². The zero-order valence-electron chi connectivity index (χ0n) is 22.0. The van der Waals surface area contributed by atoms with Crippen molar-refractivity contribution in [3.05, 3.63) is 87.8 Å². The molecule has 212 valence electrons. The van der Waals surface area contributed by atoms with E-state index in [0.717, 1.165) is 40.0 Å². The van der Waals surface area contributed by atoms with Crippen molar-refractivity contribution >= 4 is 39.6 Å². The third-order valence-electron chi connectivity index (χ3n) is 7.79. The lowest BCUT2D eigenvalue weighted by Gasteiger charge is -2.29. The molecule has 3 aromatic heterocycles. The van der Waals surface area contributed by atoms with Crippen molar-refractivity contribution in [1.82, 2.24) is 29.0 Å². The molecule has 0 atom stereocenters. The van der Waals surface area contributed by atoms with Gasteiger partial charge in [0, 0.05) is 25.8 Å². The molecule has 8 nitrogen and oxygen atoms in total. The number of carbonyl (C=O) groups excluding carboxylic acids is 1. The Morgan fingerprint density at radius 3 is 2.49 bits per heavy atom. The minimum atomic E-state index is -4.77. The van der Waals surface area contributed by atoms with Crippen LogP contribution >= 0.6 is 11.6 Å². The molecule has 0 bridgehead atoms. The Bertz CT molecular complexity index is 1830. The third kappa shape index (κ3) is 5.10. The molecule has 12 heteroatoms. The summed E-state index contributed by atoms with van der Waals surface area (Å²) >= 11 is 5.83. The lowest BCUT2D eigenvalue weighted by atomic mass is 9.85. The number of para-hydroxylation sites is 2. The average Bonchev–Trinajstić information content (AvgIpc) is 3.45. The molecule has 0 unspecified atom stereocenters. The lowest BCUT2D eigenvalue weighted by Crippen LogP contribution is -2.39. The fourth-order valence-corrected chi connectivity index (χ4v) is 5.90. The van der Waals surface area contributed by atoms with Gasteiger partial charge >= 0.3 is 11.9 Å². The number of hydrogen-bond donors (Lipinski definition) is 1. The number of hydrogen-bond acceptors (Lipinski definition) is 4. The Morgan fingerprint density at radius 1 is 1.02 bits per heavy atom. The molecule has 1 amide bonds. The number of halogens is 4. The first-order chi connectivity index (χ1) is 19.6. The van der Waals surface area contributed by atoms with Crippen molar-refractivity contribution in [2.45, 2.75) is 44.4 Å². The van der Waals surface area contributed by atoms with E-state index in [0.29, 0.717) is 32.2 Å². The zero-order chi connectivity index (χ0) is 28.9. The van der Waals surface area contributed by atoms with Gasteiger partial charge in [-0.1, -0.05) is 23.7 Å². The Labute approximate surface area is 237 Å². The number of aromatic nitrogens is 5. The minimum Gasteiger partial charge on any atom is -0.349 e. The van der Waals surface area contributed by atoms with Gasteiger partial charge in [0.15, 0.2) is 5.69 Å². The second-order valence-corrected chi connectivity index (χ2v) is 10.9. The molecule has 0 spiro atoms. The van der Waals surface area contributed by atoms with E-state index in [1.807, 2.05) is 54.1 Å². The molecule has 0 aliphatic heterocycles. The quantitative estimate of drug-likeness (QED) is 0.287. The molecular formula is C29H26ClF3N6O2. The third-order valence-corrected chi connectivity index (χ3v) is 8.00. The Kier molecular flexibility index (Phi) is 6.85. The van der Waals surface area contributed by atoms with Gasteiger partial charge in [-0.2, -0.15) is 13.2 Å². The summed E-state index contributed by atoms with van der Waals surface area (Å²) < 4.78 is 45.6. The maximum Gasteiger partial charge on any atom is 0.434 e. The number of amides is 1. The van der Waals surface area contributed by atoms with Crippen LogP contribution in [0.3, 0.4) is 0 Å². The highest BCUT2D eigenvalue weighted by Crippen LogP contribution is 2.32. The molecule has 0 saturated heterocycles. The van der Waals surface area contributed by atoms with Gasteiger partial charge < -0.3 is 9.88 Å². The highest BCUT2D eigenvalue weighted by Gasteiger charge is 2.38. The highest BCUT2D eigenvalue weighted by molar-refractivity contribution is 6.30. The number of fused-ring (bicyclic) bond motifs is 2. The summed E-state index contributed by atoms with van der Waals surface area (Å²) in [5.74, 6) is -0.683. The van der Waals surface area contributed by atoms with Crippen molar-refractivity contribution < 1.29 is 18.0 Å². The Morgan fingerprint density at radius 2 is 1.76 bits per heavy atom. The standard InChI is InChI=1S/C29H26ClF3N6O2/c1-37-16-35-22-13-20(10-11-23(22)37)39-25-5-3-2-4-24(25)38(28(39)41)15-17-6-8-19(9-7-17)36-27(40)21-12-18(30)14-34-26(21)29(31,32)33/h2-5,10-14,16-17,19H,6-9,15H2,1H3,(H,36,40). The number of nitrogens with zero attached hydrogens (tertiary/aromatic N) is 5. The molecule has 1 aliphatic rings. The number of carbonyl (C=O) groups is 1. The van der Waals surface area contributed by atoms with Crippen molar-refractivity contribution in [3.8, 4) is 5.69 Å². The van der Waals surface area contributed by atoms with Crippen molar-refractivity contribution in [3.63, 3.8) is 0 Å². The van der Waals surface area contributed by atoms with Crippen LogP contribution in [0.4, 0.5) is 13.2 Å². The predicted octanol–water partition coefficient (Wildman–Crippen LogP) is 5.73. The predicted molar refractivity (Wildman–Crippen MR) is 149 cm³/mol. The van der Waals surface area contributed by atoms with E-state index in [1.54, 1.807) is 15.5 Å². The summed E-state index contributed by atoms with van der Waals surface area (Å²) in [4.78, 5) is 34.3. The van der Waals surface area contributed by atoms with Crippen LogP contribution in [0.25, 0.3) is 27.8 Å². The first kappa shape index (κ1) is 27.1. The molecule has 3 heterocycles. The highest BCUT2D eigenvalue weighted by atomic mass is 35.5. The van der Waals surface area contributed by atoms with Crippen molar-refractivity contribution in [2.24, 2.45) is 13.0 Å². The maximum absolute atomic E-state index is 13.7. The first-order valence-corrected chi connectivity index (χ1v) is 13.6. The smallest absolute Gasteiger partial charge is 0.349 e. The monoisotopic (exact) mass is 582 g/mol. The van der Waals surface area contributed by atoms with Gasteiger partial charge in [-0.05, 0) is 68.0 Å². The van der Waals surface area contributed by atoms with Gasteiger partial charge in [0.25, 0.3) is 5.91 Å². The van der Waals surface area contributed by atoms with E-state index in [1.165, 1.54) is 0 Å². The van der Waals surface area contributed by atoms with Crippen LogP contribution in [0.15, 0.2) is 65.8 Å². The topological polar surface area (TPSA) is 86.7 Å². The van der Waals surface area contributed by atoms with Gasteiger partial charge in [0.2, 0.25) is 0 Å². The molecule has 41 heavy (non-hydrogen) atoms. The Balaban J connectivity index is 1.19. The van der Waals surface area contributed by atoms with Crippen LogP contribution < -0.4 is 11.0 Å². The van der Waals surface area contributed by atoms with Gasteiger partial charge in [0.05, 0.1) is 44.7 Å². The second kappa shape index (κ2) is 10.4. The SMILES string of the molecule is Cn1cnc2cc(-n3c(=O)n(CC4CCC(NC(=O)c5cc(Cl)cnc5C(F)(F)F)CC4)c4ccccc43)ccc21. The first-order valence-electron chi connectivity index (χ1n) is 13.3. The van der Waals surface area contributed by atoms with Gasteiger partial charge in [-0.25, -0.2) is 14.8 Å². The van der Waals surface area contributed by atoms with E-state index in [9.17, 15) is 22.8 Å². The maximum atomic E-state index is 13.7. The summed E-state index contributed by atoms with van der Waals surface area (Å²) in [5, 5.41) is 2.68. The van der Waals surface area contributed by atoms with Crippen LogP contribution in [0.5, 0.6) is 0 Å². The molecule has 1 saturated carbocycles. The van der Waals surface area contributed by atoms with E-state index >= 15 is 0 Å². The summed E-state index contributed by atoms with van der Waals surface area (Å²) in [5.41, 5.74) is 2.12. The summed E-state index contributed by atoms with van der Waals surface area (Å²) in [6.07, 6.45) is 0.408. The second-order valence-electron chi connectivity index (χ2n) is 10.5. The number of alkyl halides is 3. The van der Waals surface area contributed by atoms with Crippen LogP contribution in [-0.4, -0.2) is 35.6 Å². The Hall–Kier alpha value is -4.12. The van der Waals surface area contributed by atoms with Crippen molar-refractivity contribution in [2.75, 3.05) is 0 Å². The van der Waals surface area contributed by atoms with E-state index in [2.05, 4.69) is 15.3 Å². The number of imidazole rings is 2. The zero-order valence-corrected chi connectivity index (χ0v) is 22.8. The summed E-state index contributed by atoms with van der Waals surface area (Å²) in [6.45, 7) is 0.495. The van der Waals surface area contributed by atoms with Crippen LogP contribution in [0.2, 0.25) is 5.02 Å². The molecular weight excluding hydrogens is 557 g/mol.